The Morgan fingerprint density at radius 1 is 1.12 bits per heavy atom. The van der Waals surface area contributed by atoms with Gasteiger partial charge in [0, 0.05) is 12.6 Å². The Kier molecular flexibility index (Phi) is 5.27. The quantitative estimate of drug-likeness (QED) is 0.760. The van der Waals surface area contributed by atoms with Gasteiger partial charge in [-0.05, 0) is 42.2 Å². The number of carbonyl (C=O) groups is 1. The Balaban J connectivity index is 1.75. The Morgan fingerprint density at radius 3 is 2.42 bits per heavy atom. The van der Waals surface area contributed by atoms with Gasteiger partial charge in [-0.15, -0.1) is 0 Å². The highest BCUT2D eigenvalue weighted by Crippen LogP contribution is 2.29. The number of alkyl halides is 3. The van der Waals surface area contributed by atoms with Gasteiger partial charge in [-0.3, -0.25) is 10.1 Å². The molecule has 2 aromatic rings. The minimum Gasteiger partial charge on any atom is -0.352 e. The van der Waals surface area contributed by atoms with Gasteiger partial charge in [-0.2, -0.15) is 13.2 Å². The molecule has 1 fully saturated rings. The molecule has 0 saturated heterocycles. The fraction of sp³-hybridized carbons (Fsp3) is 0.316. The van der Waals surface area contributed by atoms with Crippen molar-refractivity contribution in [3.63, 3.8) is 0 Å². The first kappa shape index (κ1) is 18.4. The summed E-state index contributed by atoms with van der Waals surface area (Å²) in [5.74, 6) is -0.695. The SMILES string of the molecule is O=C(NC1CC1)C(NCc1cccc(C(F)(F)F)c1)c1ccc(F)cc1. The van der Waals surface area contributed by atoms with E-state index in [-0.39, 0.29) is 18.5 Å². The molecule has 138 valence electrons. The van der Waals surface area contributed by atoms with Crippen LogP contribution in [0, 0.1) is 5.82 Å². The summed E-state index contributed by atoms with van der Waals surface area (Å²) in [6, 6.07) is 9.79. The van der Waals surface area contributed by atoms with Crippen molar-refractivity contribution in [3.8, 4) is 0 Å². The molecule has 3 nitrogen and oxygen atoms in total. The topological polar surface area (TPSA) is 41.1 Å². The second kappa shape index (κ2) is 7.45. The van der Waals surface area contributed by atoms with Gasteiger partial charge in [0.25, 0.3) is 0 Å². The zero-order chi connectivity index (χ0) is 18.7. The van der Waals surface area contributed by atoms with Crippen LogP contribution in [0.3, 0.4) is 0 Å². The number of carbonyl (C=O) groups excluding carboxylic acids is 1. The summed E-state index contributed by atoms with van der Waals surface area (Å²) in [7, 11) is 0. The second-order valence-corrected chi connectivity index (χ2v) is 6.35. The zero-order valence-corrected chi connectivity index (χ0v) is 13.8. The summed E-state index contributed by atoms with van der Waals surface area (Å²) in [5.41, 5.74) is 0.222. The number of halogens is 4. The molecule has 7 heteroatoms. The Labute approximate surface area is 148 Å². The molecule has 0 aliphatic heterocycles. The van der Waals surface area contributed by atoms with E-state index in [0.29, 0.717) is 11.1 Å². The van der Waals surface area contributed by atoms with Gasteiger partial charge in [0.2, 0.25) is 5.91 Å². The monoisotopic (exact) mass is 366 g/mol. The van der Waals surface area contributed by atoms with E-state index < -0.39 is 23.6 Å². The number of hydrogen-bond acceptors (Lipinski definition) is 2. The van der Waals surface area contributed by atoms with Crippen LogP contribution in [-0.2, 0) is 17.5 Å². The largest absolute Gasteiger partial charge is 0.416 e. The van der Waals surface area contributed by atoms with E-state index >= 15 is 0 Å². The summed E-state index contributed by atoms with van der Waals surface area (Å²) >= 11 is 0. The van der Waals surface area contributed by atoms with Crippen LogP contribution in [0.4, 0.5) is 17.6 Å². The lowest BCUT2D eigenvalue weighted by atomic mass is 10.0. The molecule has 26 heavy (non-hydrogen) atoms. The van der Waals surface area contributed by atoms with Crippen LogP contribution in [-0.4, -0.2) is 11.9 Å². The van der Waals surface area contributed by atoms with Crippen molar-refractivity contribution in [3.05, 3.63) is 71.0 Å². The summed E-state index contributed by atoms with van der Waals surface area (Å²) in [5, 5.41) is 5.85. The zero-order valence-electron chi connectivity index (χ0n) is 13.8. The Morgan fingerprint density at radius 2 is 1.81 bits per heavy atom. The maximum atomic E-state index is 13.2. The standard InChI is InChI=1S/C19H18F4N2O/c20-15-6-4-13(5-7-15)17(18(26)25-16-8-9-16)24-11-12-2-1-3-14(10-12)19(21,22)23/h1-7,10,16-17,24H,8-9,11H2,(H,25,26). The average molecular weight is 366 g/mol. The molecule has 1 saturated carbocycles. The van der Waals surface area contributed by atoms with Crippen molar-refractivity contribution in [1.82, 2.24) is 10.6 Å². The fourth-order valence-corrected chi connectivity index (χ4v) is 2.61. The van der Waals surface area contributed by atoms with E-state index in [1.54, 1.807) is 6.07 Å². The molecular formula is C19H18F4N2O. The van der Waals surface area contributed by atoms with Crippen molar-refractivity contribution in [1.29, 1.82) is 0 Å². The highest BCUT2D eigenvalue weighted by atomic mass is 19.4. The second-order valence-electron chi connectivity index (χ2n) is 6.35. The van der Waals surface area contributed by atoms with Crippen molar-refractivity contribution in [2.24, 2.45) is 0 Å². The smallest absolute Gasteiger partial charge is 0.352 e. The van der Waals surface area contributed by atoms with Gasteiger partial charge in [0.15, 0.2) is 0 Å². The van der Waals surface area contributed by atoms with Crippen LogP contribution in [0.2, 0.25) is 0 Å². The lowest BCUT2D eigenvalue weighted by Crippen LogP contribution is -2.38. The maximum absolute atomic E-state index is 13.2. The minimum atomic E-state index is -4.42. The maximum Gasteiger partial charge on any atom is 0.416 e. The molecule has 0 bridgehead atoms. The molecule has 0 heterocycles. The number of rotatable bonds is 6. The lowest BCUT2D eigenvalue weighted by molar-refractivity contribution is -0.137. The van der Waals surface area contributed by atoms with Crippen molar-refractivity contribution < 1.29 is 22.4 Å². The Bertz CT molecular complexity index is 770. The summed E-state index contributed by atoms with van der Waals surface area (Å²) < 4.78 is 51.6. The molecule has 0 radical (unpaired) electrons. The fourth-order valence-electron chi connectivity index (χ4n) is 2.61. The van der Waals surface area contributed by atoms with E-state index in [1.807, 2.05) is 0 Å². The van der Waals surface area contributed by atoms with Crippen LogP contribution >= 0.6 is 0 Å². The van der Waals surface area contributed by atoms with Crippen molar-refractivity contribution in [2.45, 2.75) is 37.6 Å². The van der Waals surface area contributed by atoms with Gasteiger partial charge in [-0.1, -0.05) is 30.3 Å². The number of nitrogens with one attached hydrogen (secondary N) is 2. The first-order valence-electron chi connectivity index (χ1n) is 8.28. The van der Waals surface area contributed by atoms with E-state index in [1.165, 1.54) is 30.3 Å². The molecule has 3 rings (SSSR count). The van der Waals surface area contributed by atoms with E-state index in [0.717, 1.165) is 25.0 Å². The molecule has 2 aromatic carbocycles. The third kappa shape index (κ3) is 4.82. The van der Waals surface area contributed by atoms with E-state index in [9.17, 15) is 22.4 Å². The van der Waals surface area contributed by atoms with Gasteiger partial charge < -0.3 is 5.32 Å². The van der Waals surface area contributed by atoms with Crippen LogP contribution in [0.25, 0.3) is 0 Å². The predicted molar refractivity (Wildman–Crippen MR) is 88.6 cm³/mol. The summed E-state index contributed by atoms with van der Waals surface area (Å²) in [6.45, 7) is 0.0735. The van der Waals surface area contributed by atoms with Crippen LogP contribution in [0.15, 0.2) is 48.5 Å². The molecule has 1 amide bonds. The highest BCUT2D eigenvalue weighted by Gasteiger charge is 2.31. The average Bonchev–Trinajstić information content (AvgIpc) is 3.40. The number of hydrogen-bond donors (Lipinski definition) is 2. The van der Waals surface area contributed by atoms with Crippen molar-refractivity contribution in [2.75, 3.05) is 0 Å². The third-order valence-corrected chi connectivity index (χ3v) is 4.15. The summed E-state index contributed by atoms with van der Waals surface area (Å²) in [6.07, 6.45) is -2.60. The van der Waals surface area contributed by atoms with Gasteiger partial charge in [0.1, 0.15) is 11.9 Å². The lowest BCUT2D eigenvalue weighted by Gasteiger charge is -2.19. The van der Waals surface area contributed by atoms with Gasteiger partial charge >= 0.3 is 6.18 Å². The predicted octanol–water partition coefficient (Wildman–Crippen LogP) is 3.95. The molecule has 1 aliphatic rings. The first-order chi connectivity index (χ1) is 12.3. The molecule has 1 atom stereocenters. The molecule has 0 spiro atoms. The van der Waals surface area contributed by atoms with E-state index in [4.69, 9.17) is 0 Å². The molecular weight excluding hydrogens is 348 g/mol. The third-order valence-electron chi connectivity index (χ3n) is 4.15. The molecule has 1 aliphatic carbocycles. The molecule has 2 N–H and O–H groups in total. The van der Waals surface area contributed by atoms with Crippen LogP contribution < -0.4 is 10.6 Å². The first-order valence-corrected chi connectivity index (χ1v) is 8.28. The molecule has 0 aromatic heterocycles. The van der Waals surface area contributed by atoms with E-state index in [2.05, 4.69) is 10.6 Å². The highest BCUT2D eigenvalue weighted by molar-refractivity contribution is 5.83. The minimum absolute atomic E-state index is 0.0735. The van der Waals surface area contributed by atoms with Crippen LogP contribution in [0.1, 0.15) is 35.6 Å². The normalized spacial score (nSPS) is 15.5. The van der Waals surface area contributed by atoms with Gasteiger partial charge in [0.05, 0.1) is 5.56 Å². The van der Waals surface area contributed by atoms with Crippen molar-refractivity contribution >= 4 is 5.91 Å². The number of amides is 1. The van der Waals surface area contributed by atoms with Gasteiger partial charge in [-0.25, -0.2) is 4.39 Å². The Hall–Kier alpha value is -2.41. The van der Waals surface area contributed by atoms with Crippen LogP contribution in [0.5, 0.6) is 0 Å². The molecule has 1 unspecified atom stereocenters. The number of benzene rings is 2. The summed E-state index contributed by atoms with van der Waals surface area (Å²) in [4.78, 5) is 12.5.